The number of carbonyl (C=O) groups is 1. The Kier molecular flexibility index (Phi) is 4.66. The molecule has 1 aromatic heterocycles. The first-order valence-electron chi connectivity index (χ1n) is 7.26. The Morgan fingerprint density at radius 3 is 2.42 bits per heavy atom. The molecule has 24 heavy (non-hydrogen) atoms. The Hall–Kier alpha value is -2.60. The average Bonchev–Trinajstić information content (AvgIpc) is 2.98. The van der Waals surface area contributed by atoms with Gasteiger partial charge >= 0.3 is 0 Å². The molecule has 0 fully saturated rings. The molecule has 0 aliphatic rings. The van der Waals surface area contributed by atoms with Crippen molar-refractivity contribution in [2.24, 2.45) is 0 Å². The maximum atomic E-state index is 12.7. The van der Waals surface area contributed by atoms with Crippen molar-refractivity contribution >= 4 is 27.5 Å². The summed E-state index contributed by atoms with van der Waals surface area (Å²) in [6.45, 7) is 1.72. The number of ether oxygens (including phenoxy) is 1. The largest absolute Gasteiger partial charge is 0.497 e. The second kappa shape index (κ2) is 6.88. The summed E-state index contributed by atoms with van der Waals surface area (Å²) in [5.74, 6) is 0.931. The summed E-state index contributed by atoms with van der Waals surface area (Å²) in [6, 6.07) is 14.7. The van der Waals surface area contributed by atoms with E-state index in [1.54, 1.807) is 38.3 Å². The Balaban J connectivity index is 1.89. The van der Waals surface area contributed by atoms with Crippen molar-refractivity contribution in [3.8, 4) is 17.0 Å². The Morgan fingerprint density at radius 2 is 1.79 bits per heavy atom. The first kappa shape index (κ1) is 16.3. The number of amides is 1. The number of halogens is 1. The maximum absolute atomic E-state index is 12.7. The van der Waals surface area contributed by atoms with Gasteiger partial charge in [-0.2, -0.15) is 0 Å². The first-order valence-corrected chi connectivity index (χ1v) is 8.05. The van der Waals surface area contributed by atoms with Gasteiger partial charge in [0.25, 0.3) is 5.91 Å². The number of methoxy groups -OCH3 is 1. The molecule has 0 aliphatic heterocycles. The molecule has 0 atom stereocenters. The molecule has 0 unspecified atom stereocenters. The number of carbonyl (C=O) groups excluding carboxylic acids is 1. The zero-order valence-corrected chi connectivity index (χ0v) is 14.8. The third kappa shape index (κ3) is 3.33. The molecular formula is C18H15BrN2O3. The fraction of sp³-hybridized carbons (Fsp3) is 0.111. The fourth-order valence-corrected chi connectivity index (χ4v) is 2.58. The number of aryl methyl sites for hydroxylation is 1. The maximum Gasteiger partial charge on any atom is 0.261 e. The fourth-order valence-electron chi connectivity index (χ4n) is 2.31. The van der Waals surface area contributed by atoms with Crippen LogP contribution in [0.1, 0.15) is 16.1 Å². The van der Waals surface area contributed by atoms with Crippen LogP contribution in [0.15, 0.2) is 57.5 Å². The highest BCUT2D eigenvalue weighted by Crippen LogP contribution is 2.27. The van der Waals surface area contributed by atoms with Crippen molar-refractivity contribution in [3.05, 3.63) is 64.3 Å². The second-order valence-corrected chi connectivity index (χ2v) is 6.07. The normalized spacial score (nSPS) is 10.5. The van der Waals surface area contributed by atoms with Gasteiger partial charge in [-0.1, -0.05) is 33.2 Å². The summed E-state index contributed by atoms with van der Waals surface area (Å²) in [5.41, 5.74) is 2.43. The standard InChI is InChI=1S/C18H15BrN2O3/c1-11-16(17(21-24-11)12-3-5-13(19)6-4-12)18(22)20-14-7-9-15(23-2)10-8-14/h3-10H,1-2H3,(H,20,22). The van der Waals surface area contributed by atoms with Gasteiger partial charge in [-0.15, -0.1) is 0 Å². The van der Waals surface area contributed by atoms with E-state index in [-0.39, 0.29) is 5.91 Å². The smallest absolute Gasteiger partial charge is 0.261 e. The minimum atomic E-state index is -0.267. The van der Waals surface area contributed by atoms with Crippen molar-refractivity contribution < 1.29 is 14.1 Å². The zero-order chi connectivity index (χ0) is 17.1. The number of nitrogens with zero attached hydrogens (tertiary/aromatic N) is 1. The van der Waals surface area contributed by atoms with Gasteiger partial charge in [0.05, 0.1) is 7.11 Å². The van der Waals surface area contributed by atoms with Crippen LogP contribution in [-0.4, -0.2) is 18.2 Å². The van der Waals surface area contributed by atoms with Crippen molar-refractivity contribution in [1.29, 1.82) is 0 Å². The minimum Gasteiger partial charge on any atom is -0.497 e. The Bertz CT molecular complexity index is 855. The molecule has 1 amide bonds. The highest BCUT2D eigenvalue weighted by atomic mass is 79.9. The predicted molar refractivity (Wildman–Crippen MR) is 95.3 cm³/mol. The molecule has 0 aliphatic carbocycles. The summed E-state index contributed by atoms with van der Waals surface area (Å²) in [5, 5.41) is 6.89. The number of rotatable bonds is 4. The highest BCUT2D eigenvalue weighted by molar-refractivity contribution is 9.10. The van der Waals surface area contributed by atoms with Gasteiger partial charge in [-0.25, -0.2) is 0 Å². The quantitative estimate of drug-likeness (QED) is 0.707. The van der Waals surface area contributed by atoms with E-state index in [0.717, 1.165) is 15.8 Å². The van der Waals surface area contributed by atoms with Gasteiger partial charge in [0.2, 0.25) is 0 Å². The molecule has 1 heterocycles. The molecule has 0 saturated heterocycles. The van der Waals surface area contributed by atoms with Gasteiger partial charge in [-0.05, 0) is 43.3 Å². The SMILES string of the molecule is COc1ccc(NC(=O)c2c(-c3ccc(Br)cc3)noc2C)cc1. The molecule has 0 radical (unpaired) electrons. The summed E-state index contributed by atoms with van der Waals surface area (Å²) in [4.78, 5) is 12.7. The van der Waals surface area contributed by atoms with Crippen LogP contribution in [0.5, 0.6) is 5.75 Å². The van der Waals surface area contributed by atoms with Gasteiger partial charge in [0.1, 0.15) is 22.8 Å². The van der Waals surface area contributed by atoms with Gasteiger partial charge in [0.15, 0.2) is 0 Å². The molecular weight excluding hydrogens is 372 g/mol. The van der Waals surface area contributed by atoms with Crippen LogP contribution < -0.4 is 10.1 Å². The first-order chi connectivity index (χ1) is 11.6. The summed E-state index contributed by atoms with van der Waals surface area (Å²) in [7, 11) is 1.60. The number of anilines is 1. The lowest BCUT2D eigenvalue weighted by Crippen LogP contribution is -2.13. The minimum absolute atomic E-state index is 0.267. The molecule has 6 heteroatoms. The van der Waals surface area contributed by atoms with E-state index in [1.807, 2.05) is 24.3 Å². The van der Waals surface area contributed by atoms with Crippen molar-refractivity contribution in [2.75, 3.05) is 12.4 Å². The van der Waals surface area contributed by atoms with Crippen molar-refractivity contribution in [1.82, 2.24) is 5.16 Å². The summed E-state index contributed by atoms with van der Waals surface area (Å²) < 4.78 is 11.3. The third-order valence-corrected chi connectivity index (χ3v) is 4.08. The van der Waals surface area contributed by atoms with Crippen LogP contribution in [0.2, 0.25) is 0 Å². The Morgan fingerprint density at radius 1 is 1.12 bits per heavy atom. The van der Waals surface area contributed by atoms with E-state index in [9.17, 15) is 4.79 Å². The lowest BCUT2D eigenvalue weighted by molar-refractivity contribution is 0.102. The van der Waals surface area contributed by atoms with Gasteiger partial charge < -0.3 is 14.6 Å². The molecule has 0 bridgehead atoms. The molecule has 122 valence electrons. The van der Waals surface area contributed by atoms with E-state index in [0.29, 0.717) is 22.7 Å². The molecule has 3 rings (SSSR count). The third-order valence-electron chi connectivity index (χ3n) is 3.56. The van der Waals surface area contributed by atoms with E-state index in [4.69, 9.17) is 9.26 Å². The number of aromatic nitrogens is 1. The van der Waals surface area contributed by atoms with Crippen molar-refractivity contribution in [3.63, 3.8) is 0 Å². The molecule has 5 nitrogen and oxygen atoms in total. The monoisotopic (exact) mass is 386 g/mol. The topological polar surface area (TPSA) is 64.4 Å². The van der Waals surface area contributed by atoms with Crippen LogP contribution in [0.25, 0.3) is 11.3 Å². The number of hydrogen-bond donors (Lipinski definition) is 1. The van der Waals surface area contributed by atoms with Crippen LogP contribution >= 0.6 is 15.9 Å². The molecule has 2 aromatic carbocycles. The number of nitrogens with one attached hydrogen (secondary N) is 1. The predicted octanol–water partition coefficient (Wildman–Crippen LogP) is 4.67. The van der Waals surface area contributed by atoms with Crippen LogP contribution in [0.3, 0.4) is 0 Å². The van der Waals surface area contributed by atoms with E-state index < -0.39 is 0 Å². The van der Waals surface area contributed by atoms with Crippen molar-refractivity contribution in [2.45, 2.75) is 6.92 Å². The lowest BCUT2D eigenvalue weighted by Gasteiger charge is -2.07. The number of hydrogen-bond acceptors (Lipinski definition) is 4. The van der Waals surface area contributed by atoms with Crippen LogP contribution in [0, 0.1) is 6.92 Å². The average molecular weight is 387 g/mol. The van der Waals surface area contributed by atoms with Crippen LogP contribution in [-0.2, 0) is 0 Å². The second-order valence-electron chi connectivity index (χ2n) is 5.15. The lowest BCUT2D eigenvalue weighted by atomic mass is 10.1. The summed E-state index contributed by atoms with van der Waals surface area (Å²) in [6.07, 6.45) is 0. The van der Waals surface area contributed by atoms with E-state index in [2.05, 4.69) is 26.4 Å². The number of benzene rings is 2. The van der Waals surface area contributed by atoms with Gasteiger partial charge in [-0.3, -0.25) is 4.79 Å². The zero-order valence-electron chi connectivity index (χ0n) is 13.2. The van der Waals surface area contributed by atoms with Crippen LogP contribution in [0.4, 0.5) is 5.69 Å². The molecule has 0 spiro atoms. The summed E-state index contributed by atoms with van der Waals surface area (Å²) >= 11 is 3.39. The van der Waals surface area contributed by atoms with E-state index in [1.165, 1.54) is 0 Å². The Labute approximate surface area is 147 Å². The van der Waals surface area contributed by atoms with Gasteiger partial charge in [0, 0.05) is 15.7 Å². The van der Waals surface area contributed by atoms with E-state index >= 15 is 0 Å². The molecule has 1 N–H and O–H groups in total. The molecule has 0 saturated carbocycles. The molecule has 3 aromatic rings. The highest BCUT2D eigenvalue weighted by Gasteiger charge is 2.21.